The fourth-order valence-corrected chi connectivity index (χ4v) is 4.29. The molecular weight excluding hydrogens is 276 g/mol. The van der Waals surface area contributed by atoms with E-state index in [4.69, 9.17) is 4.74 Å². The zero-order valence-electron chi connectivity index (χ0n) is 13.5. The van der Waals surface area contributed by atoms with E-state index in [1.165, 1.54) is 6.08 Å². The van der Waals surface area contributed by atoms with Crippen LogP contribution in [0.15, 0.2) is 36.4 Å². The van der Waals surface area contributed by atoms with Gasteiger partial charge < -0.3 is 9.84 Å². The molecule has 1 aromatic carbocycles. The number of carbonyl (C=O) groups is 1. The number of ether oxygens (including phenoxy) is 1. The van der Waals surface area contributed by atoms with Crippen LogP contribution in [0.3, 0.4) is 0 Å². The lowest BCUT2D eigenvalue weighted by Gasteiger charge is -2.43. The van der Waals surface area contributed by atoms with Gasteiger partial charge in [0.1, 0.15) is 0 Å². The summed E-state index contributed by atoms with van der Waals surface area (Å²) in [7, 11) is 0. The summed E-state index contributed by atoms with van der Waals surface area (Å²) in [6.45, 7) is 6.40. The highest BCUT2D eigenvalue weighted by atomic mass is 16.7. The van der Waals surface area contributed by atoms with Crippen molar-refractivity contribution in [2.24, 2.45) is 16.7 Å². The standard InChI is InChI=1S/C19H24O3/c1-17(2)15-11-12-18(17,3)19(21,13-15)22-16(20)10-9-14-7-5-4-6-8-14/h4-10,15,21H,11-13H2,1-3H3. The lowest BCUT2D eigenvalue weighted by molar-refractivity contribution is -0.257. The number of hydrogen-bond acceptors (Lipinski definition) is 3. The molecule has 0 amide bonds. The molecule has 2 fully saturated rings. The van der Waals surface area contributed by atoms with E-state index >= 15 is 0 Å². The normalized spacial score (nSPS) is 35.9. The van der Waals surface area contributed by atoms with Gasteiger partial charge in [-0.25, -0.2) is 4.79 Å². The largest absolute Gasteiger partial charge is 0.429 e. The van der Waals surface area contributed by atoms with Gasteiger partial charge in [-0.3, -0.25) is 0 Å². The van der Waals surface area contributed by atoms with Crippen molar-refractivity contribution in [3.05, 3.63) is 42.0 Å². The van der Waals surface area contributed by atoms with Crippen molar-refractivity contribution in [2.45, 2.75) is 45.8 Å². The number of hydrogen-bond donors (Lipinski definition) is 1. The van der Waals surface area contributed by atoms with E-state index in [1.54, 1.807) is 6.08 Å². The molecule has 22 heavy (non-hydrogen) atoms. The van der Waals surface area contributed by atoms with E-state index in [1.807, 2.05) is 37.3 Å². The summed E-state index contributed by atoms with van der Waals surface area (Å²) in [5.74, 6) is -1.42. The summed E-state index contributed by atoms with van der Waals surface area (Å²) in [6, 6.07) is 9.59. The summed E-state index contributed by atoms with van der Waals surface area (Å²) in [5.41, 5.74) is 0.553. The van der Waals surface area contributed by atoms with E-state index in [9.17, 15) is 9.90 Å². The molecule has 2 aliphatic rings. The number of benzene rings is 1. The van der Waals surface area contributed by atoms with Gasteiger partial charge in [-0.1, -0.05) is 51.1 Å². The molecule has 3 rings (SSSR count). The van der Waals surface area contributed by atoms with Crippen molar-refractivity contribution < 1.29 is 14.6 Å². The Morgan fingerprint density at radius 2 is 1.95 bits per heavy atom. The Morgan fingerprint density at radius 3 is 2.50 bits per heavy atom. The van der Waals surface area contributed by atoms with E-state index < -0.39 is 11.8 Å². The molecule has 1 N–H and O–H groups in total. The second kappa shape index (κ2) is 4.95. The Labute approximate surface area is 132 Å². The van der Waals surface area contributed by atoms with Gasteiger partial charge in [0.05, 0.1) is 0 Å². The van der Waals surface area contributed by atoms with Crippen molar-refractivity contribution in [2.75, 3.05) is 0 Å². The molecule has 1 aromatic rings. The first-order valence-corrected chi connectivity index (χ1v) is 7.97. The molecule has 118 valence electrons. The van der Waals surface area contributed by atoms with Gasteiger partial charge in [-0.05, 0) is 35.8 Å². The third-order valence-electron chi connectivity index (χ3n) is 6.30. The first kappa shape index (κ1) is 15.3. The summed E-state index contributed by atoms with van der Waals surface area (Å²) < 4.78 is 5.52. The third-order valence-corrected chi connectivity index (χ3v) is 6.30. The van der Waals surface area contributed by atoms with E-state index in [2.05, 4.69) is 13.8 Å². The lowest BCUT2D eigenvalue weighted by Crippen LogP contribution is -2.50. The molecule has 3 nitrogen and oxygen atoms in total. The Hall–Kier alpha value is -1.61. The van der Waals surface area contributed by atoms with Gasteiger partial charge in [0, 0.05) is 17.9 Å². The molecular formula is C19H24O3. The quantitative estimate of drug-likeness (QED) is 0.525. The first-order valence-electron chi connectivity index (χ1n) is 7.97. The third kappa shape index (κ3) is 2.11. The molecule has 0 spiro atoms. The zero-order valence-corrected chi connectivity index (χ0v) is 13.5. The molecule has 0 aliphatic heterocycles. The van der Waals surface area contributed by atoms with Crippen molar-refractivity contribution in [1.29, 1.82) is 0 Å². The smallest absolute Gasteiger partial charge is 0.333 e. The molecule has 2 saturated carbocycles. The van der Waals surface area contributed by atoms with Crippen LogP contribution in [0.4, 0.5) is 0 Å². The minimum atomic E-state index is -1.35. The number of aliphatic hydroxyl groups is 1. The average molecular weight is 300 g/mol. The highest BCUT2D eigenvalue weighted by Gasteiger charge is 2.70. The van der Waals surface area contributed by atoms with Crippen LogP contribution in [0, 0.1) is 16.7 Å². The molecule has 3 heteroatoms. The summed E-state index contributed by atoms with van der Waals surface area (Å²) in [5, 5.41) is 11.0. The molecule has 2 aliphatic carbocycles. The SMILES string of the molecule is CC1(C)C2CCC1(C)C(O)(OC(=O)C=Cc1ccccc1)C2. The molecule has 0 heterocycles. The van der Waals surface area contributed by atoms with E-state index in [-0.39, 0.29) is 10.8 Å². The van der Waals surface area contributed by atoms with Crippen LogP contribution in [0.2, 0.25) is 0 Å². The molecule has 0 saturated heterocycles. The summed E-state index contributed by atoms with van der Waals surface area (Å²) in [6.07, 6.45) is 5.66. The monoisotopic (exact) mass is 300 g/mol. The van der Waals surface area contributed by atoms with E-state index in [0.717, 1.165) is 18.4 Å². The number of fused-ring (bicyclic) bond motifs is 2. The average Bonchev–Trinajstić information content (AvgIpc) is 2.78. The zero-order chi connectivity index (χ0) is 16.0. The van der Waals surface area contributed by atoms with Crippen molar-refractivity contribution in [1.82, 2.24) is 0 Å². The van der Waals surface area contributed by atoms with Crippen molar-refractivity contribution in [3.8, 4) is 0 Å². The lowest BCUT2D eigenvalue weighted by atomic mass is 9.68. The fraction of sp³-hybridized carbons (Fsp3) is 0.526. The van der Waals surface area contributed by atoms with Crippen LogP contribution >= 0.6 is 0 Å². The predicted molar refractivity (Wildman–Crippen MR) is 85.7 cm³/mol. The second-order valence-electron chi connectivity index (χ2n) is 7.44. The van der Waals surface area contributed by atoms with Crippen molar-refractivity contribution in [3.63, 3.8) is 0 Å². The number of carbonyl (C=O) groups excluding carboxylic acids is 1. The van der Waals surface area contributed by atoms with Crippen LogP contribution in [-0.4, -0.2) is 16.9 Å². The number of rotatable bonds is 3. The van der Waals surface area contributed by atoms with Crippen LogP contribution in [0.5, 0.6) is 0 Å². The maximum atomic E-state index is 12.1. The minimum Gasteiger partial charge on any atom is -0.429 e. The van der Waals surface area contributed by atoms with Crippen LogP contribution in [-0.2, 0) is 9.53 Å². The molecule has 0 radical (unpaired) electrons. The van der Waals surface area contributed by atoms with Gasteiger partial charge in [-0.2, -0.15) is 0 Å². The van der Waals surface area contributed by atoms with Gasteiger partial charge in [0.2, 0.25) is 5.79 Å². The first-order chi connectivity index (χ1) is 10.3. The predicted octanol–water partition coefficient (Wildman–Crippen LogP) is 3.78. The van der Waals surface area contributed by atoms with Crippen LogP contribution in [0.25, 0.3) is 6.08 Å². The van der Waals surface area contributed by atoms with E-state index in [0.29, 0.717) is 12.3 Å². The second-order valence-corrected chi connectivity index (χ2v) is 7.44. The Morgan fingerprint density at radius 1 is 1.27 bits per heavy atom. The maximum absolute atomic E-state index is 12.1. The van der Waals surface area contributed by atoms with Gasteiger partial charge in [0.25, 0.3) is 0 Å². The highest BCUT2D eigenvalue weighted by molar-refractivity contribution is 5.87. The van der Waals surface area contributed by atoms with Crippen LogP contribution < -0.4 is 0 Å². The molecule has 2 bridgehead atoms. The van der Waals surface area contributed by atoms with Crippen LogP contribution in [0.1, 0.15) is 45.6 Å². The Kier molecular flexibility index (Phi) is 3.44. The minimum absolute atomic E-state index is 0.00876. The molecule has 3 atom stereocenters. The van der Waals surface area contributed by atoms with Gasteiger partial charge in [0.15, 0.2) is 0 Å². The highest BCUT2D eigenvalue weighted by Crippen LogP contribution is 2.69. The number of esters is 1. The fourth-order valence-electron chi connectivity index (χ4n) is 4.29. The summed E-state index contributed by atoms with van der Waals surface area (Å²) in [4.78, 5) is 12.1. The topological polar surface area (TPSA) is 46.5 Å². The Balaban J connectivity index is 1.74. The molecule has 3 unspecified atom stereocenters. The van der Waals surface area contributed by atoms with Gasteiger partial charge >= 0.3 is 5.97 Å². The molecule has 0 aromatic heterocycles. The maximum Gasteiger partial charge on any atom is 0.333 e. The van der Waals surface area contributed by atoms with Crippen molar-refractivity contribution >= 4 is 12.0 Å². The summed E-state index contributed by atoms with van der Waals surface area (Å²) >= 11 is 0. The van der Waals surface area contributed by atoms with Gasteiger partial charge in [-0.15, -0.1) is 0 Å². The Bertz CT molecular complexity index is 604.